The van der Waals surface area contributed by atoms with E-state index in [9.17, 15) is 4.79 Å². The summed E-state index contributed by atoms with van der Waals surface area (Å²) in [5, 5.41) is 3.20. The van der Waals surface area contributed by atoms with Gasteiger partial charge in [-0.1, -0.05) is 34.6 Å². The lowest BCUT2D eigenvalue weighted by Gasteiger charge is -2.30. The summed E-state index contributed by atoms with van der Waals surface area (Å²) in [5.41, 5.74) is 0. The van der Waals surface area contributed by atoms with Crippen LogP contribution in [0.3, 0.4) is 0 Å². The zero-order valence-electron chi connectivity index (χ0n) is 12.3. The van der Waals surface area contributed by atoms with Gasteiger partial charge >= 0.3 is 0 Å². The number of carbonyl (C=O) groups excluding carboxylic acids is 1. The fourth-order valence-corrected chi connectivity index (χ4v) is 1.84. The second kappa shape index (κ2) is 9.46. The second-order valence-electron chi connectivity index (χ2n) is 5.09. The van der Waals surface area contributed by atoms with E-state index in [0.29, 0.717) is 12.5 Å². The molecule has 1 aliphatic heterocycles. The summed E-state index contributed by atoms with van der Waals surface area (Å²) in [5.74, 6) is 1.67. The van der Waals surface area contributed by atoms with Crippen molar-refractivity contribution in [3.05, 3.63) is 0 Å². The van der Waals surface area contributed by atoms with Gasteiger partial charge in [0.05, 0.1) is 6.54 Å². The number of likely N-dealkylation sites (tertiary alicyclic amines) is 1. The van der Waals surface area contributed by atoms with Crippen molar-refractivity contribution in [1.82, 2.24) is 10.2 Å². The Kier molecular flexibility index (Phi) is 9.14. The predicted molar refractivity (Wildman–Crippen MR) is 74.0 cm³/mol. The summed E-state index contributed by atoms with van der Waals surface area (Å²) in [6, 6.07) is 0. The molecule has 3 heteroatoms. The van der Waals surface area contributed by atoms with E-state index in [-0.39, 0.29) is 5.91 Å². The second-order valence-corrected chi connectivity index (χ2v) is 5.09. The molecule has 0 saturated carbocycles. The molecule has 0 aromatic heterocycles. The molecule has 0 aromatic rings. The Bertz CT molecular complexity index is 196. The first kappa shape index (κ1) is 16.4. The third-order valence-corrected chi connectivity index (χ3v) is 2.97. The molecule has 3 nitrogen and oxygen atoms in total. The summed E-state index contributed by atoms with van der Waals surface area (Å²) in [7, 11) is 0. The maximum Gasteiger partial charge on any atom is 0.236 e. The average Bonchev–Trinajstić information content (AvgIpc) is 2.32. The molecule has 102 valence electrons. The van der Waals surface area contributed by atoms with Crippen molar-refractivity contribution >= 4 is 5.91 Å². The van der Waals surface area contributed by atoms with Crippen LogP contribution in [0.2, 0.25) is 0 Å². The summed E-state index contributed by atoms with van der Waals surface area (Å²) >= 11 is 0. The topological polar surface area (TPSA) is 32.3 Å². The third kappa shape index (κ3) is 7.37. The molecule has 1 aliphatic rings. The van der Waals surface area contributed by atoms with Gasteiger partial charge in [0.2, 0.25) is 5.91 Å². The fourth-order valence-electron chi connectivity index (χ4n) is 1.84. The quantitative estimate of drug-likeness (QED) is 0.821. The third-order valence-electron chi connectivity index (χ3n) is 2.97. The Morgan fingerprint density at radius 1 is 1.29 bits per heavy atom. The van der Waals surface area contributed by atoms with Crippen molar-refractivity contribution in [3.63, 3.8) is 0 Å². The highest BCUT2D eigenvalue weighted by atomic mass is 16.2. The van der Waals surface area contributed by atoms with E-state index < -0.39 is 0 Å². The largest absolute Gasteiger partial charge is 0.342 e. The monoisotopic (exact) mass is 242 g/mol. The van der Waals surface area contributed by atoms with Crippen LogP contribution in [-0.4, -0.2) is 37.0 Å². The van der Waals surface area contributed by atoms with Gasteiger partial charge in [-0.3, -0.25) is 4.79 Å². The van der Waals surface area contributed by atoms with Crippen molar-refractivity contribution < 1.29 is 4.79 Å². The number of amides is 1. The van der Waals surface area contributed by atoms with Crippen LogP contribution >= 0.6 is 0 Å². The van der Waals surface area contributed by atoms with E-state index in [1.807, 2.05) is 18.7 Å². The highest BCUT2D eigenvalue weighted by Gasteiger charge is 2.19. The van der Waals surface area contributed by atoms with Crippen LogP contribution in [-0.2, 0) is 4.79 Å². The van der Waals surface area contributed by atoms with Gasteiger partial charge in [0, 0.05) is 13.1 Å². The summed E-state index contributed by atoms with van der Waals surface area (Å²) in [4.78, 5) is 13.7. The molecule has 0 aromatic carbocycles. The van der Waals surface area contributed by atoms with Crippen LogP contribution in [0.4, 0.5) is 0 Å². The molecule has 1 saturated heterocycles. The Labute approximate surface area is 107 Å². The van der Waals surface area contributed by atoms with Gasteiger partial charge in [-0.2, -0.15) is 0 Å². The minimum Gasteiger partial charge on any atom is -0.342 e. The zero-order chi connectivity index (χ0) is 13.3. The van der Waals surface area contributed by atoms with Crippen molar-refractivity contribution in [2.24, 2.45) is 11.8 Å². The number of hydrogen-bond donors (Lipinski definition) is 1. The maximum atomic E-state index is 11.7. The standard InChI is InChI=1S/C12H24N2O.C2H6/c1-10(2)8-13-9-12(15)14-6-4-11(3)5-7-14;1-2/h10-11,13H,4-9H2,1-3H3;1-2H3. The van der Waals surface area contributed by atoms with Gasteiger partial charge in [0.1, 0.15) is 0 Å². The number of hydrogen-bond acceptors (Lipinski definition) is 2. The van der Waals surface area contributed by atoms with Crippen molar-refractivity contribution in [1.29, 1.82) is 0 Å². The normalized spacial score (nSPS) is 16.7. The van der Waals surface area contributed by atoms with E-state index in [4.69, 9.17) is 0 Å². The van der Waals surface area contributed by atoms with Gasteiger partial charge in [-0.25, -0.2) is 0 Å². The number of carbonyl (C=O) groups is 1. The smallest absolute Gasteiger partial charge is 0.236 e. The van der Waals surface area contributed by atoms with E-state index in [0.717, 1.165) is 38.4 Å². The lowest BCUT2D eigenvalue weighted by molar-refractivity contribution is -0.131. The Morgan fingerprint density at radius 3 is 2.29 bits per heavy atom. The number of nitrogens with one attached hydrogen (secondary N) is 1. The molecular formula is C14H30N2O. The molecule has 0 bridgehead atoms. The number of piperidine rings is 1. The molecule has 0 aliphatic carbocycles. The summed E-state index contributed by atoms with van der Waals surface area (Å²) in [6.07, 6.45) is 2.33. The van der Waals surface area contributed by atoms with E-state index in [2.05, 4.69) is 26.1 Å². The maximum absolute atomic E-state index is 11.7. The van der Waals surface area contributed by atoms with Crippen LogP contribution in [0.1, 0.15) is 47.5 Å². The van der Waals surface area contributed by atoms with Crippen molar-refractivity contribution in [2.75, 3.05) is 26.2 Å². The molecular weight excluding hydrogens is 212 g/mol. The van der Waals surface area contributed by atoms with Crippen molar-refractivity contribution in [2.45, 2.75) is 47.5 Å². The molecule has 1 fully saturated rings. The minimum absolute atomic E-state index is 0.266. The highest BCUT2D eigenvalue weighted by Crippen LogP contribution is 2.15. The van der Waals surface area contributed by atoms with Crippen LogP contribution in [0, 0.1) is 11.8 Å². The minimum atomic E-state index is 0.266. The first-order valence-electron chi connectivity index (χ1n) is 7.08. The van der Waals surface area contributed by atoms with Gasteiger partial charge in [0.15, 0.2) is 0 Å². The lowest BCUT2D eigenvalue weighted by Crippen LogP contribution is -2.43. The molecule has 1 rings (SSSR count). The van der Waals surface area contributed by atoms with Crippen LogP contribution in [0.25, 0.3) is 0 Å². The Hall–Kier alpha value is -0.570. The van der Waals surface area contributed by atoms with E-state index in [1.165, 1.54) is 0 Å². The van der Waals surface area contributed by atoms with Crippen molar-refractivity contribution in [3.8, 4) is 0 Å². The van der Waals surface area contributed by atoms with Gasteiger partial charge in [0.25, 0.3) is 0 Å². The van der Waals surface area contributed by atoms with Gasteiger partial charge < -0.3 is 10.2 Å². The molecule has 0 atom stereocenters. The molecule has 0 spiro atoms. The molecule has 1 N–H and O–H groups in total. The van der Waals surface area contributed by atoms with E-state index in [1.54, 1.807) is 0 Å². The number of nitrogens with zero attached hydrogens (tertiary/aromatic N) is 1. The Morgan fingerprint density at radius 2 is 1.82 bits per heavy atom. The molecule has 0 unspecified atom stereocenters. The first-order chi connectivity index (χ1) is 8.09. The highest BCUT2D eigenvalue weighted by molar-refractivity contribution is 5.78. The Balaban J connectivity index is 0.00000121. The summed E-state index contributed by atoms with van der Waals surface area (Å²) < 4.78 is 0. The molecule has 17 heavy (non-hydrogen) atoms. The van der Waals surface area contributed by atoms with E-state index >= 15 is 0 Å². The zero-order valence-corrected chi connectivity index (χ0v) is 12.3. The molecule has 0 radical (unpaired) electrons. The SMILES string of the molecule is CC.CC(C)CNCC(=O)N1CCC(C)CC1. The van der Waals surface area contributed by atoms with Gasteiger partial charge in [-0.15, -0.1) is 0 Å². The van der Waals surface area contributed by atoms with Gasteiger partial charge in [-0.05, 0) is 31.2 Å². The number of rotatable bonds is 4. The molecule has 1 amide bonds. The predicted octanol–water partition coefficient (Wildman–Crippen LogP) is 2.52. The first-order valence-corrected chi connectivity index (χ1v) is 7.08. The fraction of sp³-hybridized carbons (Fsp3) is 0.929. The average molecular weight is 242 g/mol. The van der Waals surface area contributed by atoms with Crippen LogP contribution in [0.5, 0.6) is 0 Å². The lowest BCUT2D eigenvalue weighted by atomic mass is 9.99. The van der Waals surface area contributed by atoms with Crippen LogP contribution in [0.15, 0.2) is 0 Å². The summed E-state index contributed by atoms with van der Waals surface area (Å²) in [6.45, 7) is 13.9. The molecule has 1 heterocycles. The van der Waals surface area contributed by atoms with Crippen LogP contribution < -0.4 is 5.32 Å².